The summed E-state index contributed by atoms with van der Waals surface area (Å²) in [7, 11) is 1.40. The third-order valence-corrected chi connectivity index (χ3v) is 6.92. The number of piperidine rings is 1. The van der Waals surface area contributed by atoms with E-state index in [2.05, 4.69) is 15.5 Å². The van der Waals surface area contributed by atoms with Crippen LogP contribution in [0.5, 0.6) is 11.5 Å². The maximum Gasteiger partial charge on any atom is 0.409 e. The molecule has 0 saturated carbocycles. The molecule has 10 heteroatoms. The minimum absolute atomic E-state index is 0.0400. The van der Waals surface area contributed by atoms with Crippen molar-refractivity contribution in [1.82, 2.24) is 19.5 Å². The van der Waals surface area contributed by atoms with Crippen LogP contribution in [0, 0.1) is 5.82 Å². The zero-order valence-electron chi connectivity index (χ0n) is 18.2. The van der Waals surface area contributed by atoms with Crippen LogP contribution < -0.4 is 14.8 Å². The molecule has 1 N–H and O–H groups in total. The number of methoxy groups -OCH3 is 1. The Balaban J connectivity index is 1.37. The number of nitrogens with one attached hydrogen (secondary N) is 1. The summed E-state index contributed by atoms with van der Waals surface area (Å²) in [6, 6.07) is 5.17. The van der Waals surface area contributed by atoms with Crippen LogP contribution in [0.3, 0.4) is 0 Å². The Kier molecular flexibility index (Phi) is 4.74. The van der Waals surface area contributed by atoms with Crippen molar-refractivity contribution >= 4 is 17.6 Å². The van der Waals surface area contributed by atoms with Gasteiger partial charge in [-0.05, 0) is 37.0 Å². The molecule has 6 rings (SSSR count). The molecule has 0 aliphatic carbocycles. The maximum atomic E-state index is 14.7. The first-order chi connectivity index (χ1) is 16.1. The molecule has 1 amide bonds. The standard InChI is InChI=1S/C23H24FN5O4/c1-31-23(30)28-6-4-13(5-7-28)15-8-19-22(29-12-26-27-21(15)29)25-9-16-17(24)2-3-18-20(16)14(10-32-18)11-33-19/h2-3,8,12-14,25H,4-7,9-11H2,1H3/t14-/m1/s1. The SMILES string of the molecule is COC(=O)N1CCC(c2cc3c(n4cnnc24)NCc2c(F)ccc4c2[C@H](CO4)CO3)CC1. The third kappa shape index (κ3) is 3.23. The Labute approximate surface area is 189 Å². The van der Waals surface area contributed by atoms with Gasteiger partial charge in [0.1, 0.15) is 17.9 Å². The lowest BCUT2D eigenvalue weighted by atomic mass is 9.90. The number of hydrogen-bond donors (Lipinski definition) is 1. The Morgan fingerprint density at radius 1 is 1.18 bits per heavy atom. The van der Waals surface area contributed by atoms with E-state index in [-0.39, 0.29) is 23.7 Å². The fourth-order valence-electron chi connectivity index (χ4n) is 5.21. The smallest absolute Gasteiger partial charge is 0.409 e. The van der Waals surface area contributed by atoms with E-state index >= 15 is 0 Å². The number of amides is 1. The van der Waals surface area contributed by atoms with Gasteiger partial charge in [-0.2, -0.15) is 0 Å². The van der Waals surface area contributed by atoms with Gasteiger partial charge < -0.3 is 24.4 Å². The molecule has 2 aromatic heterocycles. The number of benzene rings is 1. The van der Waals surface area contributed by atoms with Gasteiger partial charge in [0.25, 0.3) is 0 Å². The van der Waals surface area contributed by atoms with Crippen molar-refractivity contribution in [2.75, 3.05) is 38.7 Å². The molecule has 1 aromatic carbocycles. The molecule has 1 fully saturated rings. The van der Waals surface area contributed by atoms with Gasteiger partial charge in [-0.15, -0.1) is 10.2 Å². The maximum absolute atomic E-state index is 14.7. The van der Waals surface area contributed by atoms with Crippen molar-refractivity contribution in [3.63, 3.8) is 0 Å². The number of rotatable bonds is 1. The number of carbonyl (C=O) groups excluding carboxylic acids is 1. The predicted molar refractivity (Wildman–Crippen MR) is 116 cm³/mol. The highest BCUT2D eigenvalue weighted by atomic mass is 19.1. The number of halogens is 1. The third-order valence-electron chi connectivity index (χ3n) is 6.92. The summed E-state index contributed by atoms with van der Waals surface area (Å²) in [6.07, 6.45) is 2.93. The van der Waals surface area contributed by atoms with Gasteiger partial charge in [0.15, 0.2) is 17.2 Å². The Bertz CT molecular complexity index is 1240. The molecule has 1 saturated heterocycles. The van der Waals surface area contributed by atoms with Crippen LogP contribution in [0.4, 0.5) is 15.0 Å². The first-order valence-corrected chi connectivity index (χ1v) is 11.1. The zero-order chi connectivity index (χ0) is 22.5. The molecular weight excluding hydrogens is 429 g/mol. The predicted octanol–water partition coefficient (Wildman–Crippen LogP) is 3.29. The number of ether oxygens (including phenoxy) is 3. The van der Waals surface area contributed by atoms with E-state index in [0.717, 1.165) is 35.4 Å². The van der Waals surface area contributed by atoms with Gasteiger partial charge in [-0.3, -0.25) is 4.40 Å². The van der Waals surface area contributed by atoms with Gasteiger partial charge in [0, 0.05) is 36.3 Å². The lowest BCUT2D eigenvalue weighted by molar-refractivity contribution is 0.112. The molecule has 9 nitrogen and oxygen atoms in total. The molecule has 33 heavy (non-hydrogen) atoms. The number of nitrogens with zero attached hydrogens (tertiary/aromatic N) is 4. The Hall–Kier alpha value is -3.56. The van der Waals surface area contributed by atoms with Crippen molar-refractivity contribution < 1.29 is 23.4 Å². The highest BCUT2D eigenvalue weighted by Crippen LogP contribution is 2.42. The second-order valence-corrected chi connectivity index (χ2v) is 8.68. The van der Waals surface area contributed by atoms with E-state index in [1.54, 1.807) is 17.3 Å². The summed E-state index contributed by atoms with van der Waals surface area (Å²) in [5.74, 6) is 2.00. The summed E-state index contributed by atoms with van der Waals surface area (Å²) in [5.41, 5.74) is 3.25. The largest absolute Gasteiger partial charge is 0.493 e. The van der Waals surface area contributed by atoms with Gasteiger partial charge >= 0.3 is 6.09 Å². The summed E-state index contributed by atoms with van der Waals surface area (Å²) in [4.78, 5) is 13.6. The number of aromatic nitrogens is 3. The average molecular weight is 453 g/mol. The minimum atomic E-state index is -0.298. The van der Waals surface area contributed by atoms with Crippen LogP contribution in [0.1, 0.15) is 41.4 Å². The second-order valence-electron chi connectivity index (χ2n) is 8.68. The molecule has 0 unspecified atom stereocenters. The fourth-order valence-corrected chi connectivity index (χ4v) is 5.21. The number of hydrogen-bond acceptors (Lipinski definition) is 7. The van der Waals surface area contributed by atoms with Gasteiger partial charge in [-0.1, -0.05) is 0 Å². The number of carbonyl (C=O) groups is 1. The molecule has 0 radical (unpaired) electrons. The summed E-state index contributed by atoms with van der Waals surface area (Å²) < 4.78 is 33.6. The van der Waals surface area contributed by atoms with Crippen molar-refractivity contribution in [2.45, 2.75) is 31.2 Å². The van der Waals surface area contributed by atoms with Crippen LogP contribution >= 0.6 is 0 Å². The van der Waals surface area contributed by atoms with E-state index in [1.165, 1.54) is 13.2 Å². The molecular formula is C23H24FN5O4. The van der Waals surface area contributed by atoms with Crippen LogP contribution in [0.2, 0.25) is 0 Å². The molecule has 0 spiro atoms. The number of pyridine rings is 1. The normalized spacial score (nSPS) is 19.9. The highest BCUT2D eigenvalue weighted by molar-refractivity contribution is 5.68. The topological polar surface area (TPSA) is 90.2 Å². The molecule has 3 aromatic rings. The fraction of sp³-hybridized carbons (Fsp3) is 0.435. The zero-order valence-corrected chi connectivity index (χ0v) is 18.2. The molecule has 172 valence electrons. The second kappa shape index (κ2) is 7.79. The van der Waals surface area contributed by atoms with Crippen molar-refractivity contribution in [3.05, 3.63) is 47.0 Å². The highest BCUT2D eigenvalue weighted by Gasteiger charge is 2.33. The molecule has 1 atom stereocenters. The van der Waals surface area contributed by atoms with E-state index in [0.29, 0.717) is 50.0 Å². The molecule has 0 bridgehead atoms. The quantitative estimate of drug-likeness (QED) is 0.605. The number of fused-ring (bicyclic) bond motifs is 3. The van der Waals surface area contributed by atoms with Crippen LogP contribution in [-0.2, 0) is 11.3 Å². The van der Waals surface area contributed by atoms with Crippen LogP contribution in [-0.4, -0.2) is 59.0 Å². The lowest BCUT2D eigenvalue weighted by Gasteiger charge is -2.31. The van der Waals surface area contributed by atoms with E-state index in [9.17, 15) is 9.18 Å². The van der Waals surface area contributed by atoms with Crippen molar-refractivity contribution in [3.8, 4) is 11.5 Å². The first-order valence-electron chi connectivity index (χ1n) is 11.1. The van der Waals surface area contributed by atoms with Gasteiger partial charge in [-0.25, -0.2) is 9.18 Å². The van der Waals surface area contributed by atoms with Crippen LogP contribution in [0.25, 0.3) is 5.65 Å². The lowest BCUT2D eigenvalue weighted by Crippen LogP contribution is -2.37. The summed E-state index contributed by atoms with van der Waals surface area (Å²) >= 11 is 0. The van der Waals surface area contributed by atoms with E-state index in [4.69, 9.17) is 14.2 Å². The Morgan fingerprint density at radius 2 is 1.97 bits per heavy atom. The van der Waals surface area contributed by atoms with Crippen molar-refractivity contribution in [1.29, 1.82) is 0 Å². The molecule has 3 aliphatic heterocycles. The number of likely N-dealkylation sites (tertiary alicyclic amines) is 1. The van der Waals surface area contributed by atoms with Gasteiger partial charge in [0.05, 0.1) is 26.2 Å². The van der Waals surface area contributed by atoms with E-state index in [1.807, 2.05) is 10.5 Å². The van der Waals surface area contributed by atoms with E-state index < -0.39 is 0 Å². The summed E-state index contributed by atoms with van der Waals surface area (Å²) in [6.45, 7) is 2.38. The van der Waals surface area contributed by atoms with Crippen molar-refractivity contribution in [2.24, 2.45) is 0 Å². The average Bonchev–Trinajstić information content (AvgIpc) is 3.50. The Morgan fingerprint density at radius 3 is 2.76 bits per heavy atom. The first kappa shape index (κ1) is 20.1. The molecule has 5 heterocycles. The summed E-state index contributed by atoms with van der Waals surface area (Å²) in [5, 5.41) is 11.9. The molecule has 3 aliphatic rings. The monoisotopic (exact) mass is 453 g/mol. The van der Waals surface area contributed by atoms with Gasteiger partial charge in [0.2, 0.25) is 0 Å². The minimum Gasteiger partial charge on any atom is -0.493 e. The number of anilines is 1. The van der Waals surface area contributed by atoms with Crippen LogP contribution in [0.15, 0.2) is 24.5 Å².